The third-order valence-electron chi connectivity index (χ3n) is 3.35. The number of hydrogen-bond donors (Lipinski definition) is 0. The molecule has 0 saturated heterocycles. The van der Waals surface area contributed by atoms with Crippen molar-refractivity contribution in [3.63, 3.8) is 0 Å². The zero-order valence-electron chi connectivity index (χ0n) is 11.8. The van der Waals surface area contributed by atoms with Gasteiger partial charge in [-0.3, -0.25) is 9.10 Å². The predicted molar refractivity (Wildman–Crippen MR) is 86.2 cm³/mol. The van der Waals surface area contributed by atoms with Crippen LogP contribution >= 0.6 is 11.6 Å². The van der Waals surface area contributed by atoms with Crippen molar-refractivity contribution in [3.05, 3.63) is 42.5 Å². The van der Waals surface area contributed by atoms with E-state index in [0.717, 1.165) is 15.1 Å². The number of carbonyl (C=O) groups excluding carboxylic acids is 1. The zero-order valence-corrected chi connectivity index (χ0v) is 13.4. The van der Waals surface area contributed by atoms with E-state index in [4.69, 9.17) is 11.6 Å². The van der Waals surface area contributed by atoms with E-state index in [9.17, 15) is 13.2 Å². The van der Waals surface area contributed by atoms with E-state index in [1.165, 1.54) is 6.92 Å². The van der Waals surface area contributed by atoms with Gasteiger partial charge in [-0.05, 0) is 36.9 Å². The molecule has 0 aromatic heterocycles. The second-order valence-electron chi connectivity index (χ2n) is 4.67. The fraction of sp³-hybridized carbons (Fsp3) is 0.267. The molecule has 21 heavy (non-hydrogen) atoms. The first kappa shape index (κ1) is 15.8. The van der Waals surface area contributed by atoms with Crippen LogP contribution in [0.25, 0.3) is 10.8 Å². The smallest absolute Gasteiger partial charge is 0.245 e. The minimum absolute atomic E-state index is 0.106. The number of nitrogens with zero attached hydrogens (tertiary/aromatic N) is 1. The lowest BCUT2D eigenvalue weighted by Gasteiger charge is -2.28. The first-order valence-electron chi connectivity index (χ1n) is 6.57. The van der Waals surface area contributed by atoms with Gasteiger partial charge in [0.25, 0.3) is 0 Å². The van der Waals surface area contributed by atoms with Crippen molar-refractivity contribution >= 4 is 43.3 Å². The van der Waals surface area contributed by atoms with Crippen LogP contribution in [0.3, 0.4) is 0 Å². The number of anilines is 1. The van der Waals surface area contributed by atoms with Crippen molar-refractivity contribution in [2.24, 2.45) is 0 Å². The molecule has 0 aliphatic heterocycles. The highest BCUT2D eigenvalue weighted by Crippen LogP contribution is 2.30. The number of hydrogen-bond acceptors (Lipinski definition) is 3. The highest BCUT2D eigenvalue weighted by atomic mass is 35.5. The predicted octanol–water partition coefficient (Wildman–Crippen LogP) is 3.15. The Balaban J connectivity index is 2.73. The Bertz CT molecular complexity index is 768. The summed E-state index contributed by atoms with van der Waals surface area (Å²) in [6.07, 6.45) is 0. The molecule has 2 aromatic carbocycles. The molecule has 0 saturated carbocycles. The lowest BCUT2D eigenvalue weighted by molar-refractivity contribution is -0.112. The van der Waals surface area contributed by atoms with E-state index in [2.05, 4.69) is 0 Å². The van der Waals surface area contributed by atoms with E-state index in [1.807, 2.05) is 30.3 Å². The number of carbonyl (C=O) groups is 1. The van der Waals surface area contributed by atoms with Crippen LogP contribution in [0.15, 0.2) is 42.5 Å². The summed E-state index contributed by atoms with van der Waals surface area (Å²) in [5.41, 5.74) is 0.469. The minimum atomic E-state index is -3.62. The summed E-state index contributed by atoms with van der Waals surface area (Å²) in [7, 11) is -3.62. The molecule has 0 fully saturated rings. The summed E-state index contributed by atoms with van der Waals surface area (Å²) < 4.78 is 25.9. The van der Waals surface area contributed by atoms with Crippen molar-refractivity contribution in [1.82, 2.24) is 0 Å². The van der Waals surface area contributed by atoms with Gasteiger partial charge in [-0.2, -0.15) is 0 Å². The SMILES string of the molecule is CCS(=O)(=O)N(c1cccc2ccccc12)C(C)C(=O)Cl. The Labute approximate surface area is 129 Å². The standard InChI is InChI=1S/C15H16ClNO3S/c1-3-21(19,20)17(11(2)15(16)18)14-10-6-8-12-7-4-5-9-13(12)14/h4-11H,3H2,1-2H3. The summed E-state index contributed by atoms with van der Waals surface area (Å²) in [6.45, 7) is 3.03. The Morgan fingerprint density at radius 1 is 1.19 bits per heavy atom. The number of halogens is 1. The van der Waals surface area contributed by atoms with Gasteiger partial charge < -0.3 is 0 Å². The first-order valence-corrected chi connectivity index (χ1v) is 8.56. The molecule has 1 unspecified atom stereocenters. The van der Waals surface area contributed by atoms with Gasteiger partial charge in [0.05, 0.1) is 11.4 Å². The van der Waals surface area contributed by atoms with Crippen LogP contribution in [0.4, 0.5) is 5.69 Å². The van der Waals surface area contributed by atoms with Gasteiger partial charge in [-0.1, -0.05) is 36.4 Å². The average Bonchev–Trinajstić information content (AvgIpc) is 2.47. The van der Waals surface area contributed by atoms with E-state index < -0.39 is 21.3 Å². The molecule has 112 valence electrons. The Kier molecular flexibility index (Phi) is 4.54. The van der Waals surface area contributed by atoms with Crippen molar-refractivity contribution in [3.8, 4) is 0 Å². The van der Waals surface area contributed by atoms with Crippen molar-refractivity contribution in [1.29, 1.82) is 0 Å². The van der Waals surface area contributed by atoms with Gasteiger partial charge in [0.15, 0.2) is 0 Å². The number of benzene rings is 2. The van der Waals surface area contributed by atoms with E-state index in [0.29, 0.717) is 5.69 Å². The molecular weight excluding hydrogens is 310 g/mol. The third-order valence-corrected chi connectivity index (χ3v) is 5.51. The molecule has 0 amide bonds. The average molecular weight is 326 g/mol. The van der Waals surface area contributed by atoms with E-state index >= 15 is 0 Å². The van der Waals surface area contributed by atoms with E-state index in [1.54, 1.807) is 19.1 Å². The molecule has 0 radical (unpaired) electrons. The van der Waals surface area contributed by atoms with E-state index in [-0.39, 0.29) is 5.75 Å². The molecule has 0 aliphatic rings. The second-order valence-corrected chi connectivity index (χ2v) is 7.18. The van der Waals surface area contributed by atoms with Crippen LogP contribution in [-0.4, -0.2) is 25.5 Å². The Morgan fingerprint density at radius 3 is 2.43 bits per heavy atom. The largest absolute Gasteiger partial charge is 0.279 e. The number of sulfonamides is 1. The first-order chi connectivity index (χ1) is 9.88. The summed E-state index contributed by atoms with van der Waals surface area (Å²) in [4.78, 5) is 11.5. The molecule has 0 bridgehead atoms. The molecule has 0 N–H and O–H groups in total. The van der Waals surface area contributed by atoms with Gasteiger partial charge >= 0.3 is 0 Å². The normalized spacial score (nSPS) is 13.1. The maximum absolute atomic E-state index is 12.4. The van der Waals surface area contributed by atoms with Crippen molar-refractivity contribution in [2.75, 3.05) is 10.1 Å². The summed E-state index contributed by atoms with van der Waals surface area (Å²) in [5.74, 6) is -0.106. The molecule has 6 heteroatoms. The van der Waals surface area contributed by atoms with Crippen LogP contribution in [-0.2, 0) is 14.8 Å². The van der Waals surface area contributed by atoms with Crippen LogP contribution in [0.1, 0.15) is 13.8 Å². The van der Waals surface area contributed by atoms with Crippen molar-refractivity contribution < 1.29 is 13.2 Å². The molecule has 2 rings (SSSR count). The minimum Gasteiger partial charge on any atom is -0.279 e. The molecule has 2 aromatic rings. The van der Waals surface area contributed by atoms with Crippen LogP contribution in [0.5, 0.6) is 0 Å². The third kappa shape index (κ3) is 3.04. The Morgan fingerprint density at radius 2 is 1.81 bits per heavy atom. The lowest BCUT2D eigenvalue weighted by atomic mass is 10.1. The topological polar surface area (TPSA) is 54.5 Å². The van der Waals surface area contributed by atoms with Crippen LogP contribution < -0.4 is 4.31 Å². The quantitative estimate of drug-likeness (QED) is 0.793. The molecule has 0 spiro atoms. The fourth-order valence-corrected chi connectivity index (χ4v) is 3.70. The summed E-state index contributed by atoms with van der Waals surface area (Å²) in [6, 6.07) is 11.8. The number of fused-ring (bicyclic) bond motifs is 1. The molecule has 0 heterocycles. The Hall–Kier alpha value is -1.59. The van der Waals surface area contributed by atoms with Gasteiger partial charge in [0, 0.05) is 5.39 Å². The van der Waals surface area contributed by atoms with Crippen LogP contribution in [0.2, 0.25) is 0 Å². The molecule has 1 atom stereocenters. The van der Waals surface area contributed by atoms with Gasteiger partial charge in [0.2, 0.25) is 15.3 Å². The fourth-order valence-electron chi connectivity index (χ4n) is 2.23. The van der Waals surface area contributed by atoms with Crippen LogP contribution in [0, 0.1) is 0 Å². The zero-order chi connectivity index (χ0) is 15.6. The van der Waals surface area contributed by atoms with Gasteiger partial charge in [-0.25, -0.2) is 8.42 Å². The van der Waals surface area contributed by atoms with Gasteiger partial charge in [0.1, 0.15) is 6.04 Å². The summed E-state index contributed by atoms with van der Waals surface area (Å²) >= 11 is 5.54. The molecule has 4 nitrogen and oxygen atoms in total. The molecule has 0 aliphatic carbocycles. The number of rotatable bonds is 5. The molecular formula is C15H16ClNO3S. The second kappa shape index (κ2) is 6.03. The lowest BCUT2D eigenvalue weighted by Crippen LogP contribution is -2.42. The van der Waals surface area contributed by atoms with Crippen molar-refractivity contribution in [2.45, 2.75) is 19.9 Å². The summed E-state index contributed by atoms with van der Waals surface area (Å²) in [5, 5.41) is 0.960. The maximum Gasteiger partial charge on any atom is 0.245 e. The monoisotopic (exact) mass is 325 g/mol. The maximum atomic E-state index is 12.4. The highest BCUT2D eigenvalue weighted by Gasteiger charge is 2.30. The van der Waals surface area contributed by atoms with Gasteiger partial charge in [-0.15, -0.1) is 0 Å². The highest BCUT2D eigenvalue weighted by molar-refractivity contribution is 7.92.